The van der Waals surface area contributed by atoms with Crippen LogP contribution in [0.4, 0.5) is 5.69 Å². The van der Waals surface area contributed by atoms with Crippen molar-refractivity contribution in [3.05, 3.63) is 29.8 Å². The second-order valence-electron chi connectivity index (χ2n) is 5.05. The predicted molar refractivity (Wildman–Crippen MR) is 77.4 cm³/mol. The van der Waals surface area contributed by atoms with E-state index < -0.39 is 0 Å². The largest absolute Gasteiger partial charge is 0.392 e. The Kier molecular flexibility index (Phi) is 5.52. The Morgan fingerprint density at radius 3 is 2.75 bits per heavy atom. The van der Waals surface area contributed by atoms with Crippen LogP contribution in [0.1, 0.15) is 18.9 Å². The maximum Gasteiger partial charge on any atom is 0.231 e. The molecule has 1 heterocycles. The molecule has 5 heteroatoms. The zero-order chi connectivity index (χ0) is 14.4. The lowest BCUT2D eigenvalue weighted by molar-refractivity contribution is -0.120. The number of aliphatic hydroxyl groups excluding tert-OH is 1. The van der Waals surface area contributed by atoms with Crippen LogP contribution in [0, 0.1) is 5.92 Å². The Morgan fingerprint density at radius 2 is 2.10 bits per heavy atom. The van der Waals surface area contributed by atoms with Crippen molar-refractivity contribution in [3.8, 4) is 0 Å². The summed E-state index contributed by atoms with van der Waals surface area (Å²) < 4.78 is 5.41. The molecule has 2 unspecified atom stereocenters. The molecule has 0 radical (unpaired) electrons. The van der Waals surface area contributed by atoms with E-state index in [1.165, 1.54) is 0 Å². The van der Waals surface area contributed by atoms with Crippen molar-refractivity contribution in [3.63, 3.8) is 0 Å². The number of hydrogen-bond acceptors (Lipinski definition) is 4. The van der Waals surface area contributed by atoms with E-state index in [1.807, 2.05) is 0 Å². The lowest BCUT2D eigenvalue weighted by atomic mass is 10.0. The summed E-state index contributed by atoms with van der Waals surface area (Å²) in [5.74, 6) is -0.174. The van der Waals surface area contributed by atoms with E-state index in [0.29, 0.717) is 13.2 Å². The number of ether oxygens (including phenoxy) is 1. The van der Waals surface area contributed by atoms with Crippen LogP contribution < -0.4 is 10.6 Å². The van der Waals surface area contributed by atoms with Crippen molar-refractivity contribution in [2.24, 2.45) is 5.92 Å². The Balaban J connectivity index is 1.92. The Labute approximate surface area is 119 Å². The zero-order valence-electron chi connectivity index (χ0n) is 11.8. The lowest BCUT2D eigenvalue weighted by Gasteiger charge is -2.18. The van der Waals surface area contributed by atoms with Gasteiger partial charge in [-0.05, 0) is 30.7 Å². The van der Waals surface area contributed by atoms with Crippen LogP contribution in [0.15, 0.2) is 24.3 Å². The molecule has 0 saturated carbocycles. The van der Waals surface area contributed by atoms with Crippen molar-refractivity contribution in [2.45, 2.75) is 26.0 Å². The highest BCUT2D eigenvalue weighted by atomic mass is 16.5. The normalized spacial score (nSPS) is 21.9. The highest BCUT2D eigenvalue weighted by molar-refractivity contribution is 5.93. The van der Waals surface area contributed by atoms with Crippen molar-refractivity contribution in [1.29, 1.82) is 0 Å². The molecule has 3 N–H and O–H groups in total. The molecule has 2 atom stereocenters. The van der Waals surface area contributed by atoms with Gasteiger partial charge in [-0.3, -0.25) is 4.79 Å². The molecule has 5 nitrogen and oxygen atoms in total. The van der Waals surface area contributed by atoms with Gasteiger partial charge in [0.1, 0.15) is 0 Å². The molecule has 1 aromatic carbocycles. The molecule has 1 aromatic rings. The van der Waals surface area contributed by atoms with Crippen LogP contribution in [-0.4, -0.2) is 36.8 Å². The van der Waals surface area contributed by atoms with Gasteiger partial charge in [0, 0.05) is 11.7 Å². The van der Waals surface area contributed by atoms with E-state index in [1.54, 1.807) is 24.3 Å². The molecule has 0 aromatic heterocycles. The van der Waals surface area contributed by atoms with E-state index >= 15 is 0 Å². The second kappa shape index (κ2) is 7.38. The van der Waals surface area contributed by atoms with Gasteiger partial charge in [0.05, 0.1) is 25.7 Å². The minimum Gasteiger partial charge on any atom is -0.392 e. The molecule has 1 aliphatic rings. The second-order valence-corrected chi connectivity index (χ2v) is 5.05. The molecule has 0 bridgehead atoms. The van der Waals surface area contributed by atoms with Gasteiger partial charge in [-0.2, -0.15) is 0 Å². The number of aliphatic hydroxyl groups is 1. The molecule has 20 heavy (non-hydrogen) atoms. The average molecular weight is 278 g/mol. The van der Waals surface area contributed by atoms with Gasteiger partial charge < -0.3 is 20.5 Å². The number of amides is 1. The molecular weight excluding hydrogens is 256 g/mol. The lowest BCUT2D eigenvalue weighted by Crippen LogP contribution is -2.41. The molecule has 1 fully saturated rings. The van der Waals surface area contributed by atoms with Crippen molar-refractivity contribution >= 4 is 11.6 Å². The van der Waals surface area contributed by atoms with Gasteiger partial charge in [-0.1, -0.05) is 19.1 Å². The molecule has 1 saturated heterocycles. The fraction of sp³-hybridized carbons (Fsp3) is 0.533. The first kappa shape index (κ1) is 15.0. The summed E-state index contributed by atoms with van der Waals surface area (Å²) >= 11 is 0. The fourth-order valence-corrected chi connectivity index (χ4v) is 2.27. The van der Waals surface area contributed by atoms with Gasteiger partial charge in [0.15, 0.2) is 0 Å². The van der Waals surface area contributed by atoms with E-state index in [-0.39, 0.29) is 24.5 Å². The number of benzene rings is 1. The number of nitrogens with one attached hydrogen (secondary N) is 2. The first-order valence-electron chi connectivity index (χ1n) is 7.06. The molecule has 0 spiro atoms. The number of carbonyl (C=O) groups is 1. The minimum absolute atomic E-state index is 0.00764. The van der Waals surface area contributed by atoms with Gasteiger partial charge in [0.2, 0.25) is 5.91 Å². The van der Waals surface area contributed by atoms with E-state index in [0.717, 1.165) is 24.2 Å². The van der Waals surface area contributed by atoms with Gasteiger partial charge >= 0.3 is 0 Å². The van der Waals surface area contributed by atoms with E-state index in [4.69, 9.17) is 9.84 Å². The van der Waals surface area contributed by atoms with Crippen LogP contribution in [0.3, 0.4) is 0 Å². The fourth-order valence-electron chi connectivity index (χ4n) is 2.27. The average Bonchev–Trinajstić information content (AvgIpc) is 2.94. The third-order valence-corrected chi connectivity index (χ3v) is 3.48. The molecule has 110 valence electrons. The summed E-state index contributed by atoms with van der Waals surface area (Å²) in [7, 11) is 0. The quantitative estimate of drug-likeness (QED) is 0.729. The van der Waals surface area contributed by atoms with E-state index in [2.05, 4.69) is 17.6 Å². The van der Waals surface area contributed by atoms with Crippen LogP contribution in [0.2, 0.25) is 0 Å². The molecular formula is C15H22N2O3. The summed E-state index contributed by atoms with van der Waals surface area (Å²) in [6.45, 7) is 4.04. The Bertz CT molecular complexity index is 433. The third kappa shape index (κ3) is 3.79. The summed E-state index contributed by atoms with van der Waals surface area (Å²) in [4.78, 5) is 12.3. The van der Waals surface area contributed by atoms with Crippen molar-refractivity contribution in [2.75, 3.05) is 25.1 Å². The maximum absolute atomic E-state index is 12.3. The zero-order valence-corrected chi connectivity index (χ0v) is 11.8. The van der Waals surface area contributed by atoms with Crippen molar-refractivity contribution < 1.29 is 14.6 Å². The minimum atomic E-state index is -0.154. The van der Waals surface area contributed by atoms with Crippen LogP contribution in [0.25, 0.3) is 0 Å². The summed E-state index contributed by atoms with van der Waals surface area (Å²) in [6.07, 6.45) is 1.04. The van der Waals surface area contributed by atoms with E-state index in [9.17, 15) is 4.79 Å². The molecule has 1 aliphatic heterocycles. The topological polar surface area (TPSA) is 70.6 Å². The summed E-state index contributed by atoms with van der Waals surface area (Å²) in [6, 6.07) is 7.29. The highest BCUT2D eigenvalue weighted by Gasteiger charge is 2.33. The van der Waals surface area contributed by atoms with Crippen LogP contribution in [-0.2, 0) is 16.1 Å². The van der Waals surface area contributed by atoms with Gasteiger partial charge in [0.25, 0.3) is 0 Å². The van der Waals surface area contributed by atoms with Crippen LogP contribution >= 0.6 is 0 Å². The maximum atomic E-state index is 12.3. The SMILES string of the molecule is CCCNC1COCC1C(=O)Nc1ccc(CO)cc1. The number of rotatable bonds is 6. The molecule has 1 amide bonds. The smallest absolute Gasteiger partial charge is 0.231 e. The Hall–Kier alpha value is -1.43. The third-order valence-electron chi connectivity index (χ3n) is 3.48. The first-order chi connectivity index (χ1) is 9.74. The standard InChI is InChI=1S/C15H22N2O3/c1-2-7-16-14-10-20-9-13(14)15(19)17-12-5-3-11(8-18)4-6-12/h3-6,13-14,16,18H,2,7-10H2,1H3,(H,17,19). The Morgan fingerprint density at radius 1 is 1.35 bits per heavy atom. The number of anilines is 1. The van der Waals surface area contributed by atoms with Gasteiger partial charge in [-0.25, -0.2) is 0 Å². The molecule has 2 rings (SSSR count). The summed E-state index contributed by atoms with van der Waals surface area (Å²) in [5.41, 5.74) is 1.57. The molecule has 0 aliphatic carbocycles. The summed E-state index contributed by atoms with van der Waals surface area (Å²) in [5, 5.41) is 15.2. The highest BCUT2D eigenvalue weighted by Crippen LogP contribution is 2.17. The number of hydrogen-bond donors (Lipinski definition) is 3. The first-order valence-corrected chi connectivity index (χ1v) is 7.06. The van der Waals surface area contributed by atoms with Crippen LogP contribution in [0.5, 0.6) is 0 Å². The van der Waals surface area contributed by atoms with Gasteiger partial charge in [-0.15, -0.1) is 0 Å². The predicted octanol–water partition coefficient (Wildman–Crippen LogP) is 1.13. The number of carbonyl (C=O) groups excluding carboxylic acids is 1. The monoisotopic (exact) mass is 278 g/mol. The van der Waals surface area contributed by atoms with Crippen molar-refractivity contribution in [1.82, 2.24) is 5.32 Å².